The number of hydrogen-bond acceptors (Lipinski definition) is 5. The molecule has 1 N–H and O–H groups in total. The van der Waals surface area contributed by atoms with Gasteiger partial charge in [0.05, 0.1) is 6.10 Å². The molecule has 0 saturated carbocycles. The molecule has 0 bridgehead atoms. The Kier molecular flexibility index (Phi) is 7.39. The molecule has 18 heavy (non-hydrogen) atoms. The molecule has 1 rings (SSSR count). The van der Waals surface area contributed by atoms with E-state index < -0.39 is 0 Å². The fourth-order valence-electron chi connectivity index (χ4n) is 1.44. The Morgan fingerprint density at radius 3 is 2.56 bits per heavy atom. The third-order valence-corrected chi connectivity index (χ3v) is 3.30. The van der Waals surface area contributed by atoms with Gasteiger partial charge in [0.1, 0.15) is 16.6 Å². The van der Waals surface area contributed by atoms with Gasteiger partial charge in [-0.2, -0.15) is 0 Å². The van der Waals surface area contributed by atoms with Crippen molar-refractivity contribution in [2.75, 3.05) is 13.1 Å². The van der Waals surface area contributed by atoms with E-state index in [9.17, 15) is 0 Å². The lowest BCUT2D eigenvalue weighted by Gasteiger charge is -2.05. The Bertz CT molecular complexity index is 326. The summed E-state index contributed by atoms with van der Waals surface area (Å²) in [6.07, 6.45) is 2.37. The van der Waals surface area contributed by atoms with Crippen LogP contribution in [-0.2, 0) is 17.8 Å². The minimum Gasteiger partial charge on any atom is -0.372 e. The Balaban J connectivity index is 2.15. The normalized spacial score (nSPS) is 11.7. The number of aryl methyl sites for hydroxylation is 1. The van der Waals surface area contributed by atoms with Gasteiger partial charge in [0.15, 0.2) is 0 Å². The van der Waals surface area contributed by atoms with E-state index in [-0.39, 0.29) is 6.10 Å². The van der Waals surface area contributed by atoms with Crippen LogP contribution < -0.4 is 5.32 Å². The highest BCUT2D eigenvalue weighted by atomic mass is 32.1. The Morgan fingerprint density at radius 2 is 1.89 bits per heavy atom. The van der Waals surface area contributed by atoms with Crippen LogP contribution in [0.1, 0.15) is 44.1 Å². The second kappa shape index (κ2) is 8.56. The molecular weight excluding hydrogens is 246 g/mol. The lowest BCUT2D eigenvalue weighted by molar-refractivity contribution is 0.0652. The van der Waals surface area contributed by atoms with Crippen molar-refractivity contribution in [2.45, 2.75) is 53.2 Å². The van der Waals surface area contributed by atoms with E-state index in [2.05, 4.69) is 29.4 Å². The van der Waals surface area contributed by atoms with Crippen LogP contribution in [0.5, 0.6) is 0 Å². The summed E-state index contributed by atoms with van der Waals surface area (Å²) in [5, 5.41) is 13.9. The smallest absolute Gasteiger partial charge is 0.143 e. The summed E-state index contributed by atoms with van der Waals surface area (Å²) in [5.74, 6) is 0.714. The largest absolute Gasteiger partial charge is 0.372 e. The summed E-state index contributed by atoms with van der Waals surface area (Å²) in [4.78, 5) is 0. The van der Waals surface area contributed by atoms with Crippen molar-refractivity contribution in [1.82, 2.24) is 15.5 Å². The summed E-state index contributed by atoms with van der Waals surface area (Å²) in [6.45, 7) is 11.2. The van der Waals surface area contributed by atoms with Crippen molar-refractivity contribution in [2.24, 2.45) is 5.92 Å². The van der Waals surface area contributed by atoms with Gasteiger partial charge in [-0.25, -0.2) is 0 Å². The van der Waals surface area contributed by atoms with Crippen molar-refractivity contribution >= 4 is 11.3 Å². The van der Waals surface area contributed by atoms with E-state index in [1.54, 1.807) is 11.3 Å². The SMILES string of the molecule is CC(C)CNCCCc1nnc(COC(C)C)s1. The summed E-state index contributed by atoms with van der Waals surface area (Å²) < 4.78 is 5.51. The van der Waals surface area contributed by atoms with E-state index in [1.165, 1.54) is 0 Å². The van der Waals surface area contributed by atoms with Crippen LogP contribution in [0.4, 0.5) is 0 Å². The standard InChI is InChI=1S/C13H25N3OS/c1-10(2)8-14-7-5-6-12-15-16-13(18-12)9-17-11(3)4/h10-11,14H,5-9H2,1-4H3. The predicted molar refractivity (Wildman–Crippen MR) is 75.9 cm³/mol. The summed E-state index contributed by atoms with van der Waals surface area (Å²) in [5.41, 5.74) is 0. The predicted octanol–water partition coefficient (Wildman–Crippen LogP) is 2.64. The summed E-state index contributed by atoms with van der Waals surface area (Å²) >= 11 is 1.66. The molecule has 0 aliphatic heterocycles. The minimum atomic E-state index is 0.248. The van der Waals surface area contributed by atoms with Crippen LogP contribution in [0.2, 0.25) is 0 Å². The molecule has 0 aromatic carbocycles. The maximum absolute atomic E-state index is 5.51. The molecule has 4 nitrogen and oxygen atoms in total. The number of hydrogen-bond donors (Lipinski definition) is 1. The highest BCUT2D eigenvalue weighted by Gasteiger charge is 2.05. The van der Waals surface area contributed by atoms with Crippen LogP contribution in [0.15, 0.2) is 0 Å². The van der Waals surface area contributed by atoms with Gasteiger partial charge in [-0.1, -0.05) is 25.2 Å². The molecule has 0 unspecified atom stereocenters. The molecule has 104 valence electrons. The Hall–Kier alpha value is -0.520. The van der Waals surface area contributed by atoms with Gasteiger partial charge >= 0.3 is 0 Å². The first-order valence-corrected chi connectivity index (χ1v) is 7.53. The van der Waals surface area contributed by atoms with Crippen LogP contribution in [0.25, 0.3) is 0 Å². The Morgan fingerprint density at radius 1 is 1.17 bits per heavy atom. The molecule has 0 fully saturated rings. The van der Waals surface area contributed by atoms with Crippen LogP contribution in [0.3, 0.4) is 0 Å². The van der Waals surface area contributed by atoms with E-state index in [0.29, 0.717) is 12.5 Å². The Labute approximate surface area is 114 Å². The quantitative estimate of drug-likeness (QED) is 0.701. The molecule has 5 heteroatoms. The topological polar surface area (TPSA) is 47.0 Å². The van der Waals surface area contributed by atoms with Crippen molar-refractivity contribution in [3.8, 4) is 0 Å². The zero-order valence-corrected chi connectivity index (χ0v) is 12.7. The number of rotatable bonds is 9. The highest BCUT2D eigenvalue weighted by molar-refractivity contribution is 7.11. The van der Waals surface area contributed by atoms with Crippen molar-refractivity contribution < 1.29 is 4.74 Å². The minimum absolute atomic E-state index is 0.248. The lowest BCUT2D eigenvalue weighted by atomic mass is 10.2. The van der Waals surface area contributed by atoms with E-state index in [1.807, 2.05) is 13.8 Å². The van der Waals surface area contributed by atoms with E-state index in [0.717, 1.165) is 35.9 Å². The van der Waals surface area contributed by atoms with Crippen LogP contribution in [0, 0.1) is 5.92 Å². The first kappa shape index (κ1) is 15.5. The molecule has 0 radical (unpaired) electrons. The molecule has 1 heterocycles. The molecule has 0 atom stereocenters. The first-order chi connectivity index (χ1) is 8.58. The zero-order chi connectivity index (χ0) is 13.4. The molecule has 0 amide bonds. The van der Waals surface area contributed by atoms with Gasteiger partial charge in [0.25, 0.3) is 0 Å². The molecule has 0 aliphatic carbocycles. The fraction of sp³-hybridized carbons (Fsp3) is 0.846. The summed E-state index contributed by atoms with van der Waals surface area (Å²) in [7, 11) is 0. The van der Waals surface area contributed by atoms with Gasteiger partial charge < -0.3 is 10.1 Å². The molecule has 0 spiro atoms. The maximum Gasteiger partial charge on any atom is 0.143 e. The monoisotopic (exact) mass is 271 g/mol. The molecular formula is C13H25N3OS. The zero-order valence-electron chi connectivity index (χ0n) is 11.9. The fourth-order valence-corrected chi connectivity index (χ4v) is 2.25. The number of aromatic nitrogens is 2. The number of nitrogens with one attached hydrogen (secondary N) is 1. The molecule has 1 aromatic rings. The van der Waals surface area contributed by atoms with Gasteiger partial charge in [0.2, 0.25) is 0 Å². The van der Waals surface area contributed by atoms with Gasteiger partial charge in [-0.3, -0.25) is 0 Å². The van der Waals surface area contributed by atoms with Crippen molar-refractivity contribution in [3.05, 3.63) is 10.0 Å². The van der Waals surface area contributed by atoms with E-state index in [4.69, 9.17) is 4.74 Å². The number of ether oxygens (including phenoxy) is 1. The van der Waals surface area contributed by atoms with Gasteiger partial charge in [0, 0.05) is 6.42 Å². The number of nitrogens with zero attached hydrogens (tertiary/aromatic N) is 2. The van der Waals surface area contributed by atoms with Gasteiger partial charge in [-0.15, -0.1) is 10.2 Å². The summed E-state index contributed by atoms with van der Waals surface area (Å²) in [6, 6.07) is 0. The second-order valence-corrected chi connectivity index (χ2v) is 6.30. The van der Waals surface area contributed by atoms with Crippen LogP contribution in [-0.4, -0.2) is 29.4 Å². The van der Waals surface area contributed by atoms with Crippen molar-refractivity contribution in [3.63, 3.8) is 0 Å². The maximum atomic E-state index is 5.51. The molecule has 0 aliphatic rings. The molecule has 1 aromatic heterocycles. The van der Waals surface area contributed by atoms with Gasteiger partial charge in [-0.05, 0) is 39.3 Å². The highest BCUT2D eigenvalue weighted by Crippen LogP contribution is 2.13. The molecule has 0 saturated heterocycles. The first-order valence-electron chi connectivity index (χ1n) is 6.71. The van der Waals surface area contributed by atoms with E-state index >= 15 is 0 Å². The van der Waals surface area contributed by atoms with Crippen LogP contribution >= 0.6 is 11.3 Å². The lowest BCUT2D eigenvalue weighted by Crippen LogP contribution is -2.21. The third kappa shape index (κ3) is 7.03. The second-order valence-electron chi connectivity index (χ2n) is 5.15. The third-order valence-electron chi connectivity index (χ3n) is 2.35. The van der Waals surface area contributed by atoms with Crippen molar-refractivity contribution in [1.29, 1.82) is 0 Å². The average Bonchev–Trinajstić information content (AvgIpc) is 2.73. The average molecular weight is 271 g/mol.